The van der Waals surface area contributed by atoms with E-state index in [9.17, 15) is 18.0 Å². The van der Waals surface area contributed by atoms with Gasteiger partial charge in [0.25, 0.3) is 0 Å². The molecule has 0 aromatic carbocycles. The van der Waals surface area contributed by atoms with Gasteiger partial charge < -0.3 is 4.74 Å². The Morgan fingerprint density at radius 2 is 2.11 bits per heavy atom. The number of halogens is 3. The number of thiol groups is 1. The maximum absolute atomic E-state index is 11.5. The lowest BCUT2D eigenvalue weighted by molar-refractivity contribution is -0.201. The predicted molar refractivity (Wildman–Crippen MR) is 26.4 cm³/mol. The van der Waals surface area contributed by atoms with Crippen LogP contribution in [0.2, 0.25) is 0 Å². The first-order valence-corrected chi connectivity index (χ1v) is 2.28. The molecule has 0 fully saturated rings. The van der Waals surface area contributed by atoms with Crippen molar-refractivity contribution in [3.05, 3.63) is 0 Å². The minimum atomic E-state index is -4.03. The molecule has 2 nitrogen and oxygen atoms in total. The second-order valence-corrected chi connectivity index (χ2v) is 1.50. The second kappa shape index (κ2) is 2.95. The van der Waals surface area contributed by atoms with E-state index in [0.717, 1.165) is 0 Å². The maximum atomic E-state index is 11.5. The molecule has 0 aliphatic heterocycles. The molecule has 0 aliphatic rings. The van der Waals surface area contributed by atoms with Crippen LogP contribution >= 0.6 is 12.6 Å². The topological polar surface area (TPSA) is 26.3 Å². The molecule has 54 valence electrons. The van der Waals surface area contributed by atoms with Crippen molar-refractivity contribution in [2.75, 3.05) is 6.67 Å². The Bertz CT molecular complexity index is 116. The van der Waals surface area contributed by atoms with E-state index in [1.165, 1.54) is 0 Å². The lowest BCUT2D eigenvalue weighted by atomic mass is 10.7. The average molecular weight is 160 g/mol. The number of ether oxygens (including phenoxy) is 1. The summed E-state index contributed by atoms with van der Waals surface area (Å²) < 4.78 is 37.2. The quantitative estimate of drug-likeness (QED) is 0.490. The van der Waals surface area contributed by atoms with Crippen molar-refractivity contribution in [2.24, 2.45) is 0 Å². The van der Waals surface area contributed by atoms with E-state index in [-0.39, 0.29) is 0 Å². The molecule has 0 radical (unpaired) electrons. The number of alkyl halides is 3. The maximum Gasteiger partial charge on any atom is 0.429 e. The van der Waals surface area contributed by atoms with Gasteiger partial charge in [0.05, 0.1) is 0 Å². The molecule has 9 heavy (non-hydrogen) atoms. The number of rotatable bonds is 2. The fourth-order valence-electron chi connectivity index (χ4n) is 0.155. The van der Waals surface area contributed by atoms with E-state index < -0.39 is 18.1 Å². The molecule has 0 spiro atoms. The molecule has 0 unspecified atom stereocenters. The first kappa shape index (κ1) is 8.61. The molecule has 0 aromatic rings. The van der Waals surface area contributed by atoms with Crippen LogP contribution in [0, 0.1) is 0 Å². The van der Waals surface area contributed by atoms with E-state index >= 15 is 0 Å². The van der Waals surface area contributed by atoms with Gasteiger partial charge in [0.2, 0.25) is 0 Å². The molecular weight excluding hydrogens is 157 g/mol. The summed E-state index contributed by atoms with van der Waals surface area (Å²) in [5.41, 5.74) is 0. The molecule has 0 rings (SSSR count). The van der Waals surface area contributed by atoms with Crippen molar-refractivity contribution >= 4 is 17.9 Å². The van der Waals surface area contributed by atoms with Crippen LogP contribution in [0.5, 0.6) is 0 Å². The average Bonchev–Trinajstić information content (AvgIpc) is 1.63. The summed E-state index contributed by atoms with van der Waals surface area (Å²) in [5.74, 6) is 0. The Balaban J connectivity index is 3.71. The standard InChI is InChI=1S/C3H3F3O2S/c4-1-3(5,6)8-2(7)9/h1H2,(H,7,9). The zero-order chi connectivity index (χ0) is 7.49. The van der Waals surface area contributed by atoms with Crippen molar-refractivity contribution in [1.29, 1.82) is 0 Å². The van der Waals surface area contributed by atoms with Crippen LogP contribution in [0.1, 0.15) is 0 Å². The van der Waals surface area contributed by atoms with Crippen LogP contribution in [-0.2, 0) is 4.74 Å². The summed E-state index contributed by atoms with van der Waals surface area (Å²) in [6.45, 7) is -2.03. The van der Waals surface area contributed by atoms with Crippen LogP contribution in [0.15, 0.2) is 0 Å². The zero-order valence-corrected chi connectivity index (χ0v) is 5.00. The third kappa shape index (κ3) is 4.14. The minimum Gasteiger partial charge on any atom is -0.391 e. The van der Waals surface area contributed by atoms with E-state index in [0.29, 0.717) is 0 Å². The van der Waals surface area contributed by atoms with Crippen LogP contribution in [-0.4, -0.2) is 18.1 Å². The molecule has 0 saturated heterocycles. The molecular formula is C3H3F3O2S. The summed E-state index contributed by atoms with van der Waals surface area (Å²) >= 11 is 2.84. The third-order valence-electron chi connectivity index (χ3n) is 0.392. The number of carbonyl (C=O) groups is 1. The van der Waals surface area contributed by atoms with Crippen molar-refractivity contribution in [1.82, 2.24) is 0 Å². The summed E-state index contributed by atoms with van der Waals surface area (Å²) in [7, 11) is 0. The monoisotopic (exact) mass is 160 g/mol. The van der Waals surface area contributed by atoms with Gasteiger partial charge in [0.15, 0.2) is 6.67 Å². The molecule has 0 saturated carbocycles. The van der Waals surface area contributed by atoms with Crippen LogP contribution in [0.3, 0.4) is 0 Å². The molecule has 0 aliphatic carbocycles. The van der Waals surface area contributed by atoms with Crippen LogP contribution in [0.4, 0.5) is 18.0 Å². The fourth-order valence-corrected chi connectivity index (χ4v) is 0.289. The first-order chi connectivity index (χ1) is 3.98. The highest BCUT2D eigenvalue weighted by Gasteiger charge is 2.32. The van der Waals surface area contributed by atoms with Gasteiger partial charge in [-0.1, -0.05) is 12.6 Å². The van der Waals surface area contributed by atoms with Crippen LogP contribution < -0.4 is 0 Å². The van der Waals surface area contributed by atoms with Gasteiger partial charge in [-0.25, -0.2) is 9.18 Å². The van der Waals surface area contributed by atoms with Crippen molar-refractivity contribution in [3.63, 3.8) is 0 Å². The number of carbonyl (C=O) groups excluding carboxylic acids is 1. The smallest absolute Gasteiger partial charge is 0.391 e. The van der Waals surface area contributed by atoms with E-state index in [1.54, 1.807) is 0 Å². The van der Waals surface area contributed by atoms with Gasteiger partial charge in [-0.05, 0) is 0 Å². The van der Waals surface area contributed by atoms with Crippen molar-refractivity contribution in [2.45, 2.75) is 6.11 Å². The summed E-state index contributed by atoms with van der Waals surface area (Å²) in [6, 6.07) is 0. The fraction of sp³-hybridized carbons (Fsp3) is 0.667. The van der Waals surface area contributed by atoms with Gasteiger partial charge in [-0.15, -0.1) is 0 Å². The summed E-state index contributed by atoms with van der Waals surface area (Å²) in [6.07, 6.45) is -4.03. The Morgan fingerprint density at radius 3 is 2.22 bits per heavy atom. The third-order valence-corrected chi connectivity index (χ3v) is 0.483. The van der Waals surface area contributed by atoms with E-state index in [1.807, 2.05) is 0 Å². The van der Waals surface area contributed by atoms with Gasteiger partial charge in [-0.2, -0.15) is 8.78 Å². The highest BCUT2D eigenvalue weighted by Crippen LogP contribution is 2.16. The van der Waals surface area contributed by atoms with Gasteiger partial charge in [0, 0.05) is 0 Å². The Labute approximate surface area is 54.4 Å². The van der Waals surface area contributed by atoms with Gasteiger partial charge in [0.1, 0.15) is 0 Å². The minimum absolute atomic E-state index is 1.50. The largest absolute Gasteiger partial charge is 0.429 e. The Kier molecular flexibility index (Phi) is 2.83. The highest BCUT2D eigenvalue weighted by molar-refractivity contribution is 7.96. The lowest BCUT2D eigenvalue weighted by Gasteiger charge is -2.09. The number of hydrogen-bond donors (Lipinski definition) is 1. The lowest BCUT2D eigenvalue weighted by Crippen LogP contribution is -2.24. The summed E-state index contributed by atoms with van der Waals surface area (Å²) in [5, 5.41) is -1.50. The van der Waals surface area contributed by atoms with E-state index in [2.05, 4.69) is 17.4 Å². The first-order valence-electron chi connectivity index (χ1n) is 1.83. The van der Waals surface area contributed by atoms with Gasteiger partial charge >= 0.3 is 11.4 Å². The van der Waals surface area contributed by atoms with Crippen molar-refractivity contribution < 1.29 is 22.7 Å². The van der Waals surface area contributed by atoms with E-state index in [4.69, 9.17) is 0 Å². The molecule has 0 aromatic heterocycles. The normalized spacial score (nSPS) is 11.1. The van der Waals surface area contributed by atoms with Crippen molar-refractivity contribution in [3.8, 4) is 0 Å². The van der Waals surface area contributed by atoms with Crippen LogP contribution in [0.25, 0.3) is 0 Å². The predicted octanol–water partition coefficient (Wildman–Crippen LogP) is 1.62. The SMILES string of the molecule is O=C(S)OC(F)(F)CF. The highest BCUT2D eigenvalue weighted by atomic mass is 32.1. The molecule has 0 amide bonds. The molecule has 0 bridgehead atoms. The molecule has 6 heteroatoms. The molecule has 0 N–H and O–H groups in total. The van der Waals surface area contributed by atoms with Gasteiger partial charge in [-0.3, -0.25) is 0 Å². The number of hydrogen-bond acceptors (Lipinski definition) is 2. The zero-order valence-electron chi connectivity index (χ0n) is 4.10. The summed E-state index contributed by atoms with van der Waals surface area (Å²) in [4.78, 5) is 9.61. The molecule has 0 heterocycles. The second-order valence-electron chi connectivity index (χ2n) is 1.14. The molecule has 0 atom stereocenters. The Hall–Kier alpha value is -0.390. The Morgan fingerprint density at radius 1 is 1.67 bits per heavy atom.